The minimum Gasteiger partial charge on any atom is -0.355 e. The summed E-state index contributed by atoms with van der Waals surface area (Å²) in [5.74, 6) is 1.70. The molecule has 1 N–H and O–H groups in total. The Bertz CT molecular complexity index is 593. The van der Waals surface area contributed by atoms with Crippen LogP contribution in [-0.2, 0) is 4.79 Å². The molecule has 7 heteroatoms. The molecule has 2 aliphatic rings. The molecule has 3 rings (SSSR count). The van der Waals surface area contributed by atoms with Gasteiger partial charge >= 0.3 is 0 Å². The fourth-order valence-corrected chi connectivity index (χ4v) is 3.43. The minimum atomic E-state index is 0.138. The van der Waals surface area contributed by atoms with Crippen molar-refractivity contribution < 1.29 is 9.59 Å². The molecule has 0 radical (unpaired) electrons. The summed E-state index contributed by atoms with van der Waals surface area (Å²) in [6.07, 6.45) is 3.02. The number of aromatic nitrogens is 2. The molecule has 2 unspecified atom stereocenters. The van der Waals surface area contributed by atoms with Crippen molar-refractivity contribution in [1.29, 1.82) is 0 Å². The number of nitrogens with zero attached hydrogens (tertiary/aromatic N) is 3. The van der Waals surface area contributed by atoms with Gasteiger partial charge in [0.2, 0.25) is 5.91 Å². The Morgan fingerprint density at radius 2 is 2.19 bits per heavy atom. The van der Waals surface area contributed by atoms with Gasteiger partial charge in [0.1, 0.15) is 16.8 Å². The van der Waals surface area contributed by atoms with Crippen molar-refractivity contribution in [2.75, 3.05) is 18.0 Å². The van der Waals surface area contributed by atoms with Crippen molar-refractivity contribution in [3.63, 3.8) is 0 Å². The lowest BCUT2D eigenvalue weighted by molar-refractivity contribution is -0.124. The van der Waals surface area contributed by atoms with Crippen LogP contribution in [0.15, 0.2) is 0 Å². The lowest BCUT2D eigenvalue weighted by atomic mass is 9.85. The number of aryl methyl sites for hydroxylation is 1. The summed E-state index contributed by atoms with van der Waals surface area (Å²) in [4.78, 5) is 33.2. The molecule has 2 saturated heterocycles. The third-order valence-electron chi connectivity index (χ3n) is 4.23. The Balaban J connectivity index is 1.86. The Morgan fingerprint density at radius 3 is 2.95 bits per heavy atom. The lowest BCUT2D eigenvalue weighted by Gasteiger charge is -2.42. The molecule has 1 aromatic heterocycles. The molecule has 0 saturated carbocycles. The number of hydrogen-bond acceptors (Lipinski definition) is 5. The Labute approximate surface area is 127 Å². The number of amides is 1. The highest BCUT2D eigenvalue weighted by molar-refractivity contribution is 6.32. The van der Waals surface area contributed by atoms with Crippen molar-refractivity contribution in [1.82, 2.24) is 15.3 Å². The molecule has 3 heterocycles. The van der Waals surface area contributed by atoms with Gasteiger partial charge in [-0.25, -0.2) is 9.97 Å². The van der Waals surface area contributed by atoms with Crippen LogP contribution in [0.5, 0.6) is 0 Å². The van der Waals surface area contributed by atoms with Gasteiger partial charge in [-0.15, -0.1) is 0 Å². The van der Waals surface area contributed by atoms with Gasteiger partial charge in [0.25, 0.3) is 0 Å². The van der Waals surface area contributed by atoms with E-state index in [0.29, 0.717) is 35.8 Å². The van der Waals surface area contributed by atoms with E-state index < -0.39 is 0 Å². The molecule has 2 fully saturated rings. The monoisotopic (exact) mass is 308 g/mol. The van der Waals surface area contributed by atoms with Gasteiger partial charge in [0.05, 0.1) is 5.56 Å². The van der Waals surface area contributed by atoms with Gasteiger partial charge in [-0.2, -0.15) is 0 Å². The first-order valence-electron chi connectivity index (χ1n) is 7.12. The van der Waals surface area contributed by atoms with Crippen LogP contribution in [0.3, 0.4) is 0 Å². The molecule has 2 aliphatic heterocycles. The number of piperidine rings is 2. The highest BCUT2D eigenvalue weighted by Gasteiger charge is 2.35. The Kier molecular flexibility index (Phi) is 3.80. The normalized spacial score (nSPS) is 25.2. The van der Waals surface area contributed by atoms with E-state index >= 15 is 0 Å². The first-order valence-corrected chi connectivity index (χ1v) is 7.50. The summed E-state index contributed by atoms with van der Waals surface area (Å²) in [6, 6.07) is 0.237. The van der Waals surface area contributed by atoms with E-state index in [1.165, 1.54) is 0 Å². The van der Waals surface area contributed by atoms with E-state index in [4.69, 9.17) is 11.6 Å². The van der Waals surface area contributed by atoms with Crippen LogP contribution < -0.4 is 10.2 Å². The second-order valence-corrected chi connectivity index (χ2v) is 5.98. The van der Waals surface area contributed by atoms with Crippen LogP contribution >= 0.6 is 11.6 Å². The number of carbonyl (C=O) groups is 2. The first kappa shape index (κ1) is 14.3. The van der Waals surface area contributed by atoms with Gasteiger partial charge in [-0.05, 0) is 25.7 Å². The summed E-state index contributed by atoms with van der Waals surface area (Å²) >= 11 is 6.04. The third-order valence-corrected chi connectivity index (χ3v) is 4.52. The van der Waals surface area contributed by atoms with E-state index in [1.807, 2.05) is 0 Å². The summed E-state index contributed by atoms with van der Waals surface area (Å²) in [6.45, 7) is 3.28. The quantitative estimate of drug-likeness (QED) is 0.659. The second-order valence-electron chi connectivity index (χ2n) is 5.62. The van der Waals surface area contributed by atoms with Gasteiger partial charge in [0.15, 0.2) is 6.29 Å². The molecule has 6 nitrogen and oxygen atoms in total. The molecule has 112 valence electrons. The van der Waals surface area contributed by atoms with Gasteiger partial charge in [-0.1, -0.05) is 11.6 Å². The van der Waals surface area contributed by atoms with Crippen molar-refractivity contribution >= 4 is 29.6 Å². The number of anilines is 1. The molecule has 1 aromatic rings. The first-order chi connectivity index (χ1) is 10.1. The number of rotatable bonds is 2. The van der Waals surface area contributed by atoms with Crippen LogP contribution in [0.1, 0.15) is 35.4 Å². The molecule has 1 amide bonds. The maximum Gasteiger partial charge on any atom is 0.220 e. The van der Waals surface area contributed by atoms with E-state index in [1.54, 1.807) is 6.92 Å². The highest BCUT2D eigenvalue weighted by atomic mass is 35.5. The van der Waals surface area contributed by atoms with E-state index in [-0.39, 0.29) is 17.1 Å². The lowest BCUT2D eigenvalue weighted by Crippen LogP contribution is -2.54. The molecule has 0 spiro atoms. The van der Waals surface area contributed by atoms with Gasteiger partial charge in [-0.3, -0.25) is 9.59 Å². The summed E-state index contributed by atoms with van der Waals surface area (Å²) in [7, 11) is 0. The number of carbonyl (C=O) groups excluding carboxylic acids is 2. The number of halogens is 1. The Morgan fingerprint density at radius 1 is 1.38 bits per heavy atom. The fourth-order valence-electron chi connectivity index (χ4n) is 3.18. The van der Waals surface area contributed by atoms with Crippen LogP contribution in [0.4, 0.5) is 5.82 Å². The number of aldehydes is 1. The molecule has 0 aromatic carbocycles. The van der Waals surface area contributed by atoms with Crippen molar-refractivity contribution in [2.45, 2.75) is 32.2 Å². The molecular formula is C14H17ClN4O2. The van der Waals surface area contributed by atoms with Gasteiger partial charge < -0.3 is 10.2 Å². The largest absolute Gasteiger partial charge is 0.355 e. The topological polar surface area (TPSA) is 75.2 Å². The zero-order valence-electron chi connectivity index (χ0n) is 11.8. The minimum absolute atomic E-state index is 0.138. The van der Waals surface area contributed by atoms with E-state index in [2.05, 4.69) is 20.2 Å². The summed E-state index contributed by atoms with van der Waals surface area (Å²) in [5.41, 5.74) is 0.348. The smallest absolute Gasteiger partial charge is 0.220 e. The Hall–Kier alpha value is -1.69. The summed E-state index contributed by atoms with van der Waals surface area (Å²) in [5, 5.41) is 3.25. The average molecular weight is 309 g/mol. The van der Waals surface area contributed by atoms with Crippen LogP contribution in [0.2, 0.25) is 5.15 Å². The molecule has 21 heavy (non-hydrogen) atoms. The standard InChI is InChI=1S/C14H17ClN4O2/c1-8-16-13(15)10(7-20)14(17-8)19-5-4-11-9(6-19)2-3-12(21)18-11/h7,9,11H,2-6H2,1H3,(H,18,21). The average Bonchev–Trinajstić information content (AvgIpc) is 2.46. The maximum absolute atomic E-state index is 11.5. The number of nitrogens with one attached hydrogen (secondary N) is 1. The molecular weight excluding hydrogens is 292 g/mol. The van der Waals surface area contributed by atoms with Crippen LogP contribution in [0, 0.1) is 12.8 Å². The van der Waals surface area contributed by atoms with E-state index in [0.717, 1.165) is 25.9 Å². The molecule has 0 aliphatic carbocycles. The predicted molar refractivity (Wildman–Crippen MR) is 78.7 cm³/mol. The zero-order valence-corrected chi connectivity index (χ0v) is 12.6. The molecule has 0 bridgehead atoms. The van der Waals surface area contributed by atoms with Crippen LogP contribution in [0.25, 0.3) is 0 Å². The zero-order chi connectivity index (χ0) is 15.0. The van der Waals surface area contributed by atoms with Crippen LogP contribution in [-0.4, -0.2) is 41.3 Å². The number of fused-ring (bicyclic) bond motifs is 1. The third kappa shape index (κ3) is 2.72. The van der Waals surface area contributed by atoms with Gasteiger partial charge in [0, 0.05) is 25.6 Å². The van der Waals surface area contributed by atoms with Crippen molar-refractivity contribution in [2.24, 2.45) is 5.92 Å². The second kappa shape index (κ2) is 5.60. The van der Waals surface area contributed by atoms with E-state index in [9.17, 15) is 9.59 Å². The highest BCUT2D eigenvalue weighted by Crippen LogP contribution is 2.30. The van der Waals surface area contributed by atoms with Crippen molar-refractivity contribution in [3.8, 4) is 0 Å². The summed E-state index contributed by atoms with van der Waals surface area (Å²) < 4.78 is 0. The predicted octanol–water partition coefficient (Wildman–Crippen LogP) is 1.36. The van der Waals surface area contributed by atoms with Crippen molar-refractivity contribution in [3.05, 3.63) is 16.5 Å². The SMILES string of the molecule is Cc1nc(Cl)c(C=O)c(N2CCC3NC(=O)CCC3C2)n1. The fraction of sp³-hybridized carbons (Fsp3) is 0.571. The maximum atomic E-state index is 11.5. The number of hydrogen-bond donors (Lipinski definition) is 1. The molecule has 2 atom stereocenters.